The topological polar surface area (TPSA) is 70.2 Å². The van der Waals surface area contributed by atoms with E-state index in [0.717, 1.165) is 20.2 Å². The summed E-state index contributed by atoms with van der Waals surface area (Å²) in [5.74, 6) is -0.497. The lowest BCUT2D eigenvalue weighted by molar-refractivity contribution is -0.128. The normalized spacial score (nSPS) is 11.4. The van der Waals surface area contributed by atoms with Gasteiger partial charge in [0.1, 0.15) is 18.1 Å². The lowest BCUT2D eigenvalue weighted by Crippen LogP contribution is -2.46. The fourth-order valence-corrected chi connectivity index (χ4v) is 3.54. The maximum Gasteiger partial charge on any atom is 0.304 e. The molecule has 0 aliphatic carbocycles. The van der Waals surface area contributed by atoms with Crippen LogP contribution in [0.4, 0.5) is 10.1 Å². The van der Waals surface area contributed by atoms with Crippen molar-refractivity contribution in [1.29, 1.82) is 0 Å². The number of rotatable bonds is 8. The standard InChI is InChI=1S/C19H24FN3O4S/c1-21(2)28(25,26)23(18-8-6-5-7-17(18)20)14-19(24)22(3)13-15-9-11-16(27-4)12-10-15/h5-12H,13-14H2,1-4H3. The number of likely N-dealkylation sites (N-methyl/N-ethyl adjacent to an activating group) is 1. The zero-order valence-corrected chi connectivity index (χ0v) is 17.1. The zero-order chi connectivity index (χ0) is 20.9. The van der Waals surface area contributed by atoms with E-state index in [1.165, 1.54) is 37.2 Å². The third kappa shape index (κ3) is 4.99. The van der Waals surface area contributed by atoms with E-state index in [4.69, 9.17) is 4.74 Å². The predicted molar refractivity (Wildman–Crippen MR) is 106 cm³/mol. The molecule has 2 rings (SSSR count). The molecule has 0 saturated carbocycles. The summed E-state index contributed by atoms with van der Waals surface area (Å²) in [6.45, 7) is -0.246. The fourth-order valence-electron chi connectivity index (χ4n) is 2.48. The van der Waals surface area contributed by atoms with Gasteiger partial charge in [-0.2, -0.15) is 12.7 Å². The quantitative estimate of drug-likeness (QED) is 0.670. The number of amides is 1. The Hall–Kier alpha value is -2.65. The van der Waals surface area contributed by atoms with Crippen LogP contribution in [-0.2, 0) is 21.5 Å². The van der Waals surface area contributed by atoms with E-state index in [1.54, 1.807) is 26.3 Å². The molecule has 0 bridgehead atoms. The van der Waals surface area contributed by atoms with Gasteiger partial charge >= 0.3 is 10.2 Å². The molecule has 0 fully saturated rings. The summed E-state index contributed by atoms with van der Waals surface area (Å²) in [7, 11) is 1.72. The van der Waals surface area contributed by atoms with Crippen LogP contribution in [-0.4, -0.2) is 58.3 Å². The third-order valence-electron chi connectivity index (χ3n) is 4.14. The summed E-state index contributed by atoms with van der Waals surface area (Å²) in [5, 5.41) is 0. The van der Waals surface area contributed by atoms with Crippen molar-refractivity contribution < 1.29 is 22.3 Å². The maximum absolute atomic E-state index is 14.2. The van der Waals surface area contributed by atoms with Crippen LogP contribution in [0, 0.1) is 5.82 Å². The third-order valence-corrected chi connectivity index (χ3v) is 5.95. The van der Waals surface area contributed by atoms with Crippen LogP contribution in [0.15, 0.2) is 48.5 Å². The van der Waals surface area contributed by atoms with Crippen molar-refractivity contribution in [3.05, 3.63) is 59.9 Å². The number of hydrogen-bond donors (Lipinski definition) is 0. The summed E-state index contributed by atoms with van der Waals surface area (Å²) in [6.07, 6.45) is 0. The molecule has 9 heteroatoms. The van der Waals surface area contributed by atoms with Gasteiger partial charge in [-0.15, -0.1) is 0 Å². The van der Waals surface area contributed by atoms with Gasteiger partial charge in [0.15, 0.2) is 0 Å². The first-order valence-corrected chi connectivity index (χ1v) is 9.88. The molecule has 0 aromatic heterocycles. The van der Waals surface area contributed by atoms with E-state index in [1.807, 2.05) is 12.1 Å². The van der Waals surface area contributed by atoms with Gasteiger partial charge in [-0.1, -0.05) is 24.3 Å². The first-order chi connectivity index (χ1) is 13.2. The number of nitrogens with zero attached hydrogens (tertiary/aromatic N) is 3. The van der Waals surface area contributed by atoms with Gasteiger partial charge < -0.3 is 9.64 Å². The Labute approximate surface area is 165 Å². The lowest BCUT2D eigenvalue weighted by Gasteiger charge is -2.29. The molecule has 0 unspecified atom stereocenters. The van der Waals surface area contributed by atoms with Crippen LogP contribution < -0.4 is 9.04 Å². The Morgan fingerprint density at radius 2 is 1.64 bits per heavy atom. The molecule has 0 saturated heterocycles. The Balaban J connectivity index is 2.23. The summed E-state index contributed by atoms with van der Waals surface area (Å²) in [4.78, 5) is 14.1. The van der Waals surface area contributed by atoms with E-state index < -0.39 is 28.5 Å². The number of para-hydroxylation sites is 1. The lowest BCUT2D eigenvalue weighted by atomic mass is 10.2. The average Bonchev–Trinajstić information content (AvgIpc) is 2.67. The Morgan fingerprint density at radius 3 is 2.18 bits per heavy atom. The highest BCUT2D eigenvalue weighted by atomic mass is 32.2. The molecule has 1 amide bonds. The summed E-state index contributed by atoms with van der Waals surface area (Å²) in [5.41, 5.74) is 0.673. The van der Waals surface area contributed by atoms with E-state index >= 15 is 0 Å². The number of anilines is 1. The smallest absolute Gasteiger partial charge is 0.304 e. The van der Waals surface area contributed by atoms with Crippen LogP contribution >= 0.6 is 0 Å². The minimum atomic E-state index is -4.06. The summed E-state index contributed by atoms with van der Waals surface area (Å²) >= 11 is 0. The first kappa shape index (κ1) is 21.6. The van der Waals surface area contributed by atoms with Gasteiger partial charge in [0.25, 0.3) is 0 Å². The molecule has 28 heavy (non-hydrogen) atoms. The van der Waals surface area contributed by atoms with Gasteiger partial charge in [0.2, 0.25) is 5.91 Å². The number of hydrogen-bond acceptors (Lipinski definition) is 4. The molecule has 0 aliphatic rings. The fraction of sp³-hybridized carbons (Fsp3) is 0.316. The van der Waals surface area contributed by atoms with Crippen molar-refractivity contribution >= 4 is 21.8 Å². The minimum Gasteiger partial charge on any atom is -0.497 e. The molecule has 0 spiro atoms. The van der Waals surface area contributed by atoms with Crippen molar-refractivity contribution in [2.24, 2.45) is 0 Å². The molecule has 2 aromatic rings. The second-order valence-corrected chi connectivity index (χ2v) is 8.41. The van der Waals surface area contributed by atoms with Crippen LogP contribution in [0.2, 0.25) is 0 Å². The Kier molecular flexibility index (Phi) is 6.98. The van der Waals surface area contributed by atoms with Crippen LogP contribution in [0.1, 0.15) is 5.56 Å². The van der Waals surface area contributed by atoms with Crippen molar-refractivity contribution in [1.82, 2.24) is 9.21 Å². The molecular weight excluding hydrogens is 385 g/mol. The number of ether oxygens (including phenoxy) is 1. The highest BCUT2D eigenvalue weighted by molar-refractivity contribution is 7.90. The molecule has 152 valence electrons. The predicted octanol–water partition coefficient (Wildman–Crippen LogP) is 2.11. The highest BCUT2D eigenvalue weighted by Crippen LogP contribution is 2.23. The number of methoxy groups -OCH3 is 1. The average molecular weight is 409 g/mol. The SMILES string of the molecule is COc1ccc(CN(C)C(=O)CN(c2ccccc2F)S(=O)(=O)N(C)C)cc1. The van der Waals surface area contributed by atoms with Gasteiger partial charge in [0, 0.05) is 27.7 Å². The van der Waals surface area contributed by atoms with E-state index in [9.17, 15) is 17.6 Å². The molecular formula is C19H24FN3O4S. The van der Waals surface area contributed by atoms with Crippen molar-refractivity contribution in [2.75, 3.05) is 39.1 Å². The van der Waals surface area contributed by atoms with Crippen molar-refractivity contribution in [3.63, 3.8) is 0 Å². The number of carbonyl (C=O) groups is 1. The van der Waals surface area contributed by atoms with Crippen molar-refractivity contribution in [2.45, 2.75) is 6.54 Å². The molecule has 7 nitrogen and oxygen atoms in total. The van der Waals surface area contributed by atoms with E-state index in [0.29, 0.717) is 5.75 Å². The summed E-state index contributed by atoms with van der Waals surface area (Å²) in [6, 6.07) is 12.6. The van der Waals surface area contributed by atoms with Gasteiger partial charge in [-0.25, -0.2) is 8.70 Å². The van der Waals surface area contributed by atoms with Crippen LogP contribution in [0.25, 0.3) is 0 Å². The minimum absolute atomic E-state index is 0.178. The zero-order valence-electron chi connectivity index (χ0n) is 16.3. The second kappa shape index (κ2) is 9.03. The summed E-state index contributed by atoms with van der Waals surface area (Å²) < 4.78 is 46.4. The second-order valence-electron chi connectivity index (χ2n) is 6.35. The van der Waals surface area contributed by atoms with E-state index in [-0.39, 0.29) is 12.2 Å². The Bertz CT molecular complexity index is 917. The number of halogens is 1. The molecule has 2 aromatic carbocycles. The van der Waals surface area contributed by atoms with Gasteiger partial charge in [-0.05, 0) is 29.8 Å². The molecule has 0 radical (unpaired) electrons. The molecule has 0 heterocycles. The molecule has 0 N–H and O–H groups in total. The number of benzene rings is 2. The number of carbonyl (C=O) groups excluding carboxylic acids is 1. The van der Waals surface area contributed by atoms with E-state index in [2.05, 4.69) is 0 Å². The molecule has 0 atom stereocenters. The monoisotopic (exact) mass is 409 g/mol. The maximum atomic E-state index is 14.2. The largest absolute Gasteiger partial charge is 0.497 e. The Morgan fingerprint density at radius 1 is 1.04 bits per heavy atom. The van der Waals surface area contributed by atoms with Crippen LogP contribution in [0.3, 0.4) is 0 Å². The highest BCUT2D eigenvalue weighted by Gasteiger charge is 2.30. The van der Waals surface area contributed by atoms with Gasteiger partial charge in [-0.3, -0.25) is 4.79 Å². The van der Waals surface area contributed by atoms with Crippen LogP contribution in [0.5, 0.6) is 5.75 Å². The molecule has 0 aliphatic heterocycles. The first-order valence-electron chi connectivity index (χ1n) is 8.48. The van der Waals surface area contributed by atoms with Gasteiger partial charge in [0.05, 0.1) is 12.8 Å². The van der Waals surface area contributed by atoms with Crippen molar-refractivity contribution in [3.8, 4) is 5.75 Å².